The molecule has 1 heterocycles. The van der Waals surface area contributed by atoms with Crippen molar-refractivity contribution in [3.8, 4) is 5.69 Å². The first-order valence-corrected chi connectivity index (χ1v) is 11.4. The van der Waals surface area contributed by atoms with E-state index in [1.165, 1.54) is 28.8 Å². The third-order valence-electron chi connectivity index (χ3n) is 7.51. The third kappa shape index (κ3) is 3.34. The van der Waals surface area contributed by atoms with Crippen LogP contribution in [0.15, 0.2) is 60.8 Å². The molecule has 164 valence electrons. The topological polar surface area (TPSA) is 38.1 Å². The van der Waals surface area contributed by atoms with Gasteiger partial charge in [-0.3, -0.25) is 0 Å². The molecule has 1 N–H and O–H groups in total. The van der Waals surface area contributed by atoms with E-state index < -0.39 is 6.10 Å². The van der Waals surface area contributed by atoms with Gasteiger partial charge in [-0.15, -0.1) is 0 Å². The van der Waals surface area contributed by atoms with Crippen LogP contribution in [-0.2, 0) is 6.42 Å². The monoisotopic (exact) mass is 428 g/mol. The van der Waals surface area contributed by atoms with Crippen molar-refractivity contribution in [3.63, 3.8) is 0 Å². The van der Waals surface area contributed by atoms with Crippen LogP contribution < -0.4 is 0 Å². The summed E-state index contributed by atoms with van der Waals surface area (Å²) in [5.74, 6) is -0.251. The van der Waals surface area contributed by atoms with Crippen molar-refractivity contribution in [2.45, 2.75) is 45.6 Å². The molecule has 2 aliphatic rings. The normalized spacial score (nSPS) is 23.1. The molecule has 2 aromatic carbocycles. The average Bonchev–Trinajstić information content (AvgIpc) is 3.19. The van der Waals surface area contributed by atoms with Crippen LogP contribution in [0.25, 0.3) is 17.8 Å². The van der Waals surface area contributed by atoms with Crippen molar-refractivity contribution < 1.29 is 9.50 Å². The average molecular weight is 429 g/mol. The molecule has 1 fully saturated rings. The van der Waals surface area contributed by atoms with Crippen LogP contribution in [0.1, 0.15) is 60.2 Å². The maximum absolute atomic E-state index is 14.0. The van der Waals surface area contributed by atoms with Crippen molar-refractivity contribution in [3.05, 3.63) is 94.6 Å². The van der Waals surface area contributed by atoms with Gasteiger partial charge >= 0.3 is 0 Å². The number of hydrogen-bond donors (Lipinski definition) is 1. The molecule has 0 saturated heterocycles. The number of aryl methyl sites for hydroxylation is 1. The summed E-state index contributed by atoms with van der Waals surface area (Å²) in [4.78, 5) is 0. The number of aliphatic hydroxyl groups is 1. The fourth-order valence-corrected chi connectivity index (χ4v) is 5.61. The Morgan fingerprint density at radius 2 is 2.03 bits per heavy atom. The van der Waals surface area contributed by atoms with E-state index in [2.05, 4.69) is 50.8 Å². The van der Waals surface area contributed by atoms with Gasteiger partial charge < -0.3 is 5.11 Å². The highest BCUT2D eigenvalue weighted by molar-refractivity contribution is 5.61. The summed E-state index contributed by atoms with van der Waals surface area (Å²) < 4.78 is 16.0. The number of hydrogen-bond acceptors (Lipinski definition) is 2. The van der Waals surface area contributed by atoms with Crippen molar-refractivity contribution in [2.24, 2.45) is 11.3 Å². The van der Waals surface area contributed by atoms with E-state index in [9.17, 15) is 9.50 Å². The Morgan fingerprint density at radius 3 is 2.78 bits per heavy atom. The lowest BCUT2D eigenvalue weighted by Crippen LogP contribution is -2.40. The van der Waals surface area contributed by atoms with Crippen molar-refractivity contribution in [2.75, 3.05) is 0 Å². The number of fused-ring (bicyclic) bond motifs is 2. The molecule has 1 saturated carbocycles. The molecule has 4 heteroatoms. The minimum absolute atomic E-state index is 0.0569. The second-order valence-electron chi connectivity index (χ2n) is 9.49. The SMILES string of the molecule is C=Cc1cc([C@H](O)[C@H]2CCCC3=Cc4c(cnn4-c4ccc(C)cc4)C[C@@]32C)ccc1F. The molecule has 1 aromatic heterocycles. The van der Waals surface area contributed by atoms with Gasteiger partial charge in [0.15, 0.2) is 0 Å². The van der Waals surface area contributed by atoms with Crippen molar-refractivity contribution in [1.82, 2.24) is 9.78 Å². The van der Waals surface area contributed by atoms with Crippen LogP contribution >= 0.6 is 0 Å². The molecule has 0 aliphatic heterocycles. The van der Waals surface area contributed by atoms with Gasteiger partial charge in [-0.05, 0) is 85.4 Å². The first-order chi connectivity index (χ1) is 15.4. The summed E-state index contributed by atoms with van der Waals surface area (Å²) >= 11 is 0. The predicted molar refractivity (Wildman–Crippen MR) is 127 cm³/mol. The van der Waals surface area contributed by atoms with Gasteiger partial charge in [0, 0.05) is 5.56 Å². The van der Waals surface area contributed by atoms with Crippen LogP contribution in [0.4, 0.5) is 4.39 Å². The number of halogens is 1. The zero-order valence-corrected chi connectivity index (χ0v) is 18.7. The van der Waals surface area contributed by atoms with E-state index in [1.54, 1.807) is 12.1 Å². The number of aromatic nitrogens is 2. The van der Waals surface area contributed by atoms with Crippen LogP contribution in [0.5, 0.6) is 0 Å². The largest absolute Gasteiger partial charge is 0.388 e. The molecule has 3 atom stereocenters. The summed E-state index contributed by atoms with van der Waals surface area (Å²) in [6.45, 7) is 8.06. The molecule has 0 unspecified atom stereocenters. The van der Waals surface area contributed by atoms with Gasteiger partial charge in [0.25, 0.3) is 0 Å². The van der Waals surface area contributed by atoms with Gasteiger partial charge in [0.1, 0.15) is 5.82 Å². The van der Waals surface area contributed by atoms with E-state index in [0.29, 0.717) is 5.56 Å². The maximum atomic E-state index is 14.0. The van der Waals surface area contributed by atoms with Gasteiger partial charge in [0.2, 0.25) is 0 Å². The van der Waals surface area contributed by atoms with Crippen molar-refractivity contribution >= 4 is 12.2 Å². The van der Waals surface area contributed by atoms with Gasteiger partial charge in [0.05, 0.1) is 23.7 Å². The summed E-state index contributed by atoms with van der Waals surface area (Å²) in [5, 5.41) is 16.1. The Balaban J connectivity index is 1.51. The van der Waals surface area contributed by atoms with E-state index in [0.717, 1.165) is 42.6 Å². The van der Waals surface area contributed by atoms with Crippen LogP contribution in [0.2, 0.25) is 0 Å². The molecule has 0 bridgehead atoms. The summed E-state index contributed by atoms with van der Waals surface area (Å²) in [7, 11) is 0. The van der Waals surface area contributed by atoms with Gasteiger partial charge in [-0.1, -0.05) is 48.9 Å². The van der Waals surface area contributed by atoms with Crippen LogP contribution in [-0.4, -0.2) is 14.9 Å². The number of nitrogens with zero attached hydrogens (tertiary/aromatic N) is 2. The molecule has 0 amide bonds. The van der Waals surface area contributed by atoms with Crippen LogP contribution in [0.3, 0.4) is 0 Å². The van der Waals surface area contributed by atoms with E-state index in [4.69, 9.17) is 5.10 Å². The quantitative estimate of drug-likeness (QED) is 0.519. The number of benzene rings is 2. The Kier molecular flexibility index (Phi) is 5.13. The Labute approximate surface area is 188 Å². The minimum atomic E-state index is -0.656. The Bertz CT molecular complexity index is 1210. The van der Waals surface area contributed by atoms with Crippen LogP contribution in [0, 0.1) is 24.1 Å². The molecule has 2 aliphatic carbocycles. The minimum Gasteiger partial charge on any atom is -0.388 e. The standard InChI is InChI=1S/C28H29FN2O/c1-4-19-14-20(10-13-25(19)29)27(32)24-7-5-6-22-15-26-21(16-28(22,24)3)17-30-31(26)23-11-8-18(2)9-12-23/h4,8-15,17,24,27,32H,1,5-7,16H2,2-3H3/t24-,27+,28+/m1/s1. The third-order valence-corrected chi connectivity index (χ3v) is 7.51. The Morgan fingerprint density at radius 1 is 1.25 bits per heavy atom. The Hall–Kier alpha value is -2.98. The first kappa shape index (κ1) is 20.9. The second-order valence-corrected chi connectivity index (χ2v) is 9.49. The molecule has 3 nitrogen and oxygen atoms in total. The summed E-state index contributed by atoms with van der Waals surface area (Å²) in [6.07, 6.45) is 8.97. The van der Waals surface area contributed by atoms with Gasteiger partial charge in [-0.2, -0.15) is 5.10 Å². The smallest absolute Gasteiger partial charge is 0.130 e. The number of rotatable bonds is 4. The fraction of sp³-hybridized carbons (Fsp3) is 0.321. The van der Waals surface area contributed by atoms with Gasteiger partial charge in [-0.25, -0.2) is 9.07 Å². The lowest BCUT2D eigenvalue weighted by Gasteiger charge is -2.47. The summed E-state index contributed by atoms with van der Waals surface area (Å²) in [6, 6.07) is 13.3. The highest BCUT2D eigenvalue weighted by Gasteiger charge is 2.46. The molecule has 0 radical (unpaired) electrons. The zero-order chi connectivity index (χ0) is 22.5. The van der Waals surface area contributed by atoms with Crippen molar-refractivity contribution in [1.29, 1.82) is 0 Å². The second kappa shape index (κ2) is 7.86. The first-order valence-electron chi connectivity index (χ1n) is 11.4. The van der Waals surface area contributed by atoms with E-state index >= 15 is 0 Å². The highest BCUT2D eigenvalue weighted by Crippen LogP contribution is 2.54. The number of aliphatic hydroxyl groups excluding tert-OH is 1. The lowest BCUT2D eigenvalue weighted by atomic mass is 9.57. The molecule has 5 rings (SSSR count). The lowest BCUT2D eigenvalue weighted by molar-refractivity contribution is 0.0216. The molecule has 0 spiro atoms. The fourth-order valence-electron chi connectivity index (χ4n) is 5.61. The van der Waals surface area contributed by atoms with E-state index in [-0.39, 0.29) is 17.2 Å². The highest BCUT2D eigenvalue weighted by atomic mass is 19.1. The van der Waals surface area contributed by atoms with E-state index in [1.807, 2.05) is 10.9 Å². The molecule has 32 heavy (non-hydrogen) atoms. The summed E-state index contributed by atoms with van der Waals surface area (Å²) in [5.41, 5.74) is 7.06. The predicted octanol–water partition coefficient (Wildman–Crippen LogP) is 6.44. The maximum Gasteiger partial charge on any atom is 0.130 e. The molecule has 3 aromatic rings. The molecular formula is C28H29FN2O. The number of allylic oxidation sites excluding steroid dienone is 1. The molecular weight excluding hydrogens is 399 g/mol. The zero-order valence-electron chi connectivity index (χ0n) is 18.7.